The highest BCUT2D eigenvalue weighted by molar-refractivity contribution is 8.00. The first-order valence-electron chi connectivity index (χ1n) is 7.02. The van der Waals surface area contributed by atoms with E-state index in [1.165, 1.54) is 17.8 Å². The largest absolute Gasteiger partial charge is 0.325 e. The first-order chi connectivity index (χ1) is 10.8. The lowest BCUT2D eigenvalue weighted by molar-refractivity contribution is -0.115. The quantitative estimate of drug-likeness (QED) is 0.681. The van der Waals surface area contributed by atoms with E-state index in [-0.39, 0.29) is 11.6 Å². The van der Waals surface area contributed by atoms with Gasteiger partial charge in [-0.05, 0) is 45.4 Å². The van der Waals surface area contributed by atoms with Gasteiger partial charge in [-0.3, -0.25) is 4.79 Å². The maximum atomic E-state index is 13.2. The number of thioether (sulfide) groups is 1. The standard InChI is InChI=1S/C16H17F2N3OS/c1-8-9(2)19-16(20-10(8)3)23-11(4)15(22)21-12-5-6-13(17)14(18)7-12/h5-7,11H,1-4H3,(H,21,22)/t11-/m1/s1. The van der Waals surface area contributed by atoms with Gasteiger partial charge in [0, 0.05) is 23.1 Å². The third-order valence-electron chi connectivity index (χ3n) is 3.45. The molecule has 1 N–H and O–H groups in total. The van der Waals surface area contributed by atoms with Crippen molar-refractivity contribution in [1.82, 2.24) is 9.97 Å². The Labute approximate surface area is 137 Å². The van der Waals surface area contributed by atoms with Crippen molar-refractivity contribution in [3.8, 4) is 0 Å². The van der Waals surface area contributed by atoms with Crippen LogP contribution in [-0.4, -0.2) is 21.1 Å². The van der Waals surface area contributed by atoms with Crippen LogP contribution in [0.1, 0.15) is 23.9 Å². The Morgan fingerprint density at radius 2 is 1.74 bits per heavy atom. The number of hydrogen-bond acceptors (Lipinski definition) is 4. The zero-order valence-corrected chi connectivity index (χ0v) is 14.1. The number of rotatable bonds is 4. The Bertz CT molecular complexity index is 729. The lowest BCUT2D eigenvalue weighted by atomic mass is 10.2. The van der Waals surface area contributed by atoms with E-state index >= 15 is 0 Å². The van der Waals surface area contributed by atoms with Crippen LogP contribution in [-0.2, 0) is 4.79 Å². The number of nitrogens with zero attached hydrogens (tertiary/aromatic N) is 2. The maximum absolute atomic E-state index is 13.2. The molecule has 0 aliphatic carbocycles. The molecule has 23 heavy (non-hydrogen) atoms. The van der Waals surface area contributed by atoms with Crippen LogP contribution in [0.2, 0.25) is 0 Å². The summed E-state index contributed by atoms with van der Waals surface area (Å²) in [4.78, 5) is 20.8. The summed E-state index contributed by atoms with van der Waals surface area (Å²) in [5.74, 6) is -2.29. The van der Waals surface area contributed by atoms with Gasteiger partial charge in [0.25, 0.3) is 0 Å². The van der Waals surface area contributed by atoms with Crippen molar-refractivity contribution in [3.63, 3.8) is 0 Å². The summed E-state index contributed by atoms with van der Waals surface area (Å²) < 4.78 is 26.0. The van der Waals surface area contributed by atoms with Crippen LogP contribution in [0.5, 0.6) is 0 Å². The molecule has 2 aromatic rings. The molecule has 0 unspecified atom stereocenters. The Hall–Kier alpha value is -2.02. The summed E-state index contributed by atoms with van der Waals surface area (Å²) in [6, 6.07) is 3.23. The second-order valence-electron chi connectivity index (χ2n) is 5.18. The number of aryl methyl sites for hydroxylation is 2. The fraction of sp³-hybridized carbons (Fsp3) is 0.312. The van der Waals surface area contributed by atoms with E-state index in [0.717, 1.165) is 29.1 Å². The van der Waals surface area contributed by atoms with Gasteiger partial charge in [-0.25, -0.2) is 18.7 Å². The maximum Gasteiger partial charge on any atom is 0.237 e. The van der Waals surface area contributed by atoms with Crippen molar-refractivity contribution >= 4 is 23.4 Å². The summed E-state index contributed by atoms with van der Waals surface area (Å²) >= 11 is 1.21. The van der Waals surface area contributed by atoms with Crippen LogP contribution >= 0.6 is 11.8 Å². The van der Waals surface area contributed by atoms with Gasteiger partial charge in [0.1, 0.15) is 0 Å². The number of benzene rings is 1. The lowest BCUT2D eigenvalue weighted by Gasteiger charge is -2.12. The minimum atomic E-state index is -1.00. The Morgan fingerprint density at radius 1 is 1.13 bits per heavy atom. The molecule has 0 aliphatic heterocycles. The molecule has 0 bridgehead atoms. The minimum absolute atomic E-state index is 0.207. The van der Waals surface area contributed by atoms with E-state index in [9.17, 15) is 13.6 Å². The summed E-state index contributed by atoms with van der Waals surface area (Å²) in [7, 11) is 0. The number of nitrogens with one attached hydrogen (secondary N) is 1. The van der Waals surface area contributed by atoms with Gasteiger partial charge in [-0.15, -0.1) is 0 Å². The highest BCUT2D eigenvalue weighted by Gasteiger charge is 2.17. The Morgan fingerprint density at radius 3 is 2.30 bits per heavy atom. The molecule has 0 fully saturated rings. The SMILES string of the molecule is Cc1nc(S[C@H](C)C(=O)Nc2ccc(F)c(F)c2)nc(C)c1C. The number of anilines is 1. The number of amides is 1. The third-order valence-corrected chi connectivity index (χ3v) is 4.41. The first-order valence-corrected chi connectivity index (χ1v) is 7.90. The number of halogens is 2. The van der Waals surface area contributed by atoms with Crippen molar-refractivity contribution in [2.45, 2.75) is 38.1 Å². The zero-order valence-electron chi connectivity index (χ0n) is 13.3. The monoisotopic (exact) mass is 337 g/mol. The van der Waals surface area contributed by atoms with Gasteiger partial charge in [0.2, 0.25) is 5.91 Å². The molecule has 1 aromatic heterocycles. The van der Waals surface area contributed by atoms with E-state index in [1.807, 2.05) is 20.8 Å². The van der Waals surface area contributed by atoms with Crippen LogP contribution in [0.25, 0.3) is 0 Å². The molecule has 1 heterocycles. The second kappa shape index (κ2) is 7.04. The molecule has 0 saturated carbocycles. The van der Waals surface area contributed by atoms with Gasteiger partial charge in [0.15, 0.2) is 16.8 Å². The summed E-state index contributed by atoms with van der Waals surface area (Å²) in [6.07, 6.45) is 0. The molecule has 4 nitrogen and oxygen atoms in total. The van der Waals surface area contributed by atoms with Crippen LogP contribution in [0.3, 0.4) is 0 Å². The average molecular weight is 337 g/mol. The Kier molecular flexibility index (Phi) is 5.30. The lowest BCUT2D eigenvalue weighted by Crippen LogP contribution is -2.23. The van der Waals surface area contributed by atoms with E-state index in [0.29, 0.717) is 5.16 Å². The summed E-state index contributed by atoms with van der Waals surface area (Å²) in [5.41, 5.74) is 2.97. The van der Waals surface area contributed by atoms with Gasteiger partial charge in [0.05, 0.1) is 5.25 Å². The second-order valence-corrected chi connectivity index (χ2v) is 6.49. The molecule has 1 atom stereocenters. The van der Waals surface area contributed by atoms with Crippen molar-refractivity contribution < 1.29 is 13.6 Å². The van der Waals surface area contributed by atoms with Gasteiger partial charge in [-0.1, -0.05) is 11.8 Å². The number of carbonyl (C=O) groups is 1. The molecule has 0 spiro atoms. The highest BCUT2D eigenvalue weighted by atomic mass is 32.2. The molecule has 0 radical (unpaired) electrons. The molecule has 1 aromatic carbocycles. The van der Waals surface area contributed by atoms with Crippen LogP contribution in [0.4, 0.5) is 14.5 Å². The molecular weight excluding hydrogens is 320 g/mol. The van der Waals surface area contributed by atoms with Gasteiger partial charge < -0.3 is 5.32 Å². The predicted octanol–water partition coefficient (Wildman–Crippen LogP) is 3.80. The minimum Gasteiger partial charge on any atom is -0.325 e. The number of hydrogen-bond donors (Lipinski definition) is 1. The third kappa shape index (κ3) is 4.25. The number of carbonyl (C=O) groups excluding carboxylic acids is 1. The van der Waals surface area contributed by atoms with Crippen LogP contribution < -0.4 is 5.32 Å². The van der Waals surface area contributed by atoms with Crippen LogP contribution in [0, 0.1) is 32.4 Å². The van der Waals surface area contributed by atoms with E-state index in [2.05, 4.69) is 15.3 Å². The summed E-state index contributed by atoms with van der Waals surface area (Å²) in [5, 5.41) is 2.58. The zero-order chi connectivity index (χ0) is 17.1. The predicted molar refractivity (Wildman–Crippen MR) is 86.5 cm³/mol. The highest BCUT2D eigenvalue weighted by Crippen LogP contribution is 2.23. The van der Waals surface area contributed by atoms with E-state index < -0.39 is 16.9 Å². The van der Waals surface area contributed by atoms with Crippen molar-refractivity contribution in [2.24, 2.45) is 0 Å². The molecule has 0 aliphatic rings. The molecule has 122 valence electrons. The normalized spacial score (nSPS) is 12.1. The molecular formula is C16H17F2N3OS. The number of aromatic nitrogens is 2. The van der Waals surface area contributed by atoms with E-state index in [4.69, 9.17) is 0 Å². The molecule has 2 rings (SSSR count). The molecule has 7 heteroatoms. The fourth-order valence-electron chi connectivity index (χ4n) is 1.82. The van der Waals surface area contributed by atoms with Crippen LogP contribution in [0.15, 0.2) is 23.4 Å². The average Bonchev–Trinajstić information content (AvgIpc) is 2.48. The topological polar surface area (TPSA) is 54.9 Å². The summed E-state index contributed by atoms with van der Waals surface area (Å²) in [6.45, 7) is 7.42. The van der Waals surface area contributed by atoms with Gasteiger partial charge in [-0.2, -0.15) is 0 Å². The van der Waals surface area contributed by atoms with Crippen molar-refractivity contribution in [1.29, 1.82) is 0 Å². The molecule has 1 amide bonds. The fourth-order valence-corrected chi connectivity index (χ4v) is 2.69. The smallest absolute Gasteiger partial charge is 0.237 e. The van der Waals surface area contributed by atoms with Crippen molar-refractivity contribution in [2.75, 3.05) is 5.32 Å². The first kappa shape index (κ1) is 17.3. The molecule has 0 saturated heterocycles. The Balaban J connectivity index is 2.06. The van der Waals surface area contributed by atoms with Crippen molar-refractivity contribution in [3.05, 3.63) is 46.8 Å². The van der Waals surface area contributed by atoms with Gasteiger partial charge >= 0.3 is 0 Å². The van der Waals surface area contributed by atoms with E-state index in [1.54, 1.807) is 6.92 Å².